The van der Waals surface area contributed by atoms with Crippen LogP contribution in [0.3, 0.4) is 0 Å². The van der Waals surface area contributed by atoms with E-state index in [1.807, 2.05) is 31.2 Å². The monoisotopic (exact) mass is 390 g/mol. The van der Waals surface area contributed by atoms with Gasteiger partial charge in [0.05, 0.1) is 5.92 Å². The molecule has 1 saturated heterocycles. The third-order valence-electron chi connectivity index (χ3n) is 4.20. The molecule has 6 nitrogen and oxygen atoms in total. The molecule has 2 aromatic rings. The Morgan fingerprint density at radius 2 is 2.12 bits per heavy atom. The molecule has 8 heteroatoms. The lowest BCUT2D eigenvalue weighted by atomic mass is 10.1. The summed E-state index contributed by atoms with van der Waals surface area (Å²) in [5.74, 6) is 0.432. The Morgan fingerprint density at radius 3 is 2.85 bits per heavy atom. The van der Waals surface area contributed by atoms with Crippen LogP contribution in [0.2, 0.25) is 0 Å². The zero-order valence-corrected chi connectivity index (χ0v) is 16.5. The van der Waals surface area contributed by atoms with E-state index in [2.05, 4.69) is 22.4 Å². The Labute approximate surface area is 161 Å². The van der Waals surface area contributed by atoms with Crippen molar-refractivity contribution in [3.63, 3.8) is 0 Å². The molecule has 1 atom stereocenters. The van der Waals surface area contributed by atoms with Gasteiger partial charge in [0.1, 0.15) is 0 Å². The highest BCUT2D eigenvalue weighted by molar-refractivity contribution is 8.01. The molecule has 26 heavy (non-hydrogen) atoms. The SMILES string of the molecule is CCCCSc1nnc(NC(=O)[C@H]2CC(=O)N(c3ccc(C)cc3)C2)s1. The minimum absolute atomic E-state index is 0.0259. The van der Waals surface area contributed by atoms with Crippen molar-refractivity contribution in [1.29, 1.82) is 0 Å². The number of thioether (sulfide) groups is 1. The summed E-state index contributed by atoms with van der Waals surface area (Å²) < 4.78 is 0.859. The van der Waals surface area contributed by atoms with Crippen LogP contribution in [0.5, 0.6) is 0 Å². The van der Waals surface area contributed by atoms with Gasteiger partial charge in [0, 0.05) is 24.4 Å². The second-order valence-electron chi connectivity index (χ2n) is 6.31. The molecule has 1 aliphatic heterocycles. The van der Waals surface area contributed by atoms with E-state index in [9.17, 15) is 9.59 Å². The van der Waals surface area contributed by atoms with Crippen LogP contribution in [-0.4, -0.2) is 34.3 Å². The summed E-state index contributed by atoms with van der Waals surface area (Å²) in [6.07, 6.45) is 2.49. The van der Waals surface area contributed by atoms with Crippen LogP contribution < -0.4 is 10.2 Å². The molecule has 0 radical (unpaired) electrons. The highest BCUT2D eigenvalue weighted by atomic mass is 32.2. The van der Waals surface area contributed by atoms with E-state index in [-0.39, 0.29) is 24.2 Å². The van der Waals surface area contributed by atoms with Crippen molar-refractivity contribution >= 4 is 45.7 Å². The number of aryl methyl sites for hydroxylation is 1. The lowest BCUT2D eigenvalue weighted by Crippen LogP contribution is -2.28. The molecule has 1 aromatic heterocycles. The number of rotatable bonds is 7. The van der Waals surface area contributed by atoms with Gasteiger partial charge in [-0.15, -0.1) is 10.2 Å². The number of benzene rings is 1. The molecule has 3 rings (SSSR count). The fourth-order valence-electron chi connectivity index (χ4n) is 2.69. The first-order chi connectivity index (χ1) is 12.6. The molecule has 138 valence electrons. The summed E-state index contributed by atoms with van der Waals surface area (Å²) in [6.45, 7) is 4.54. The van der Waals surface area contributed by atoms with Gasteiger partial charge < -0.3 is 10.2 Å². The maximum Gasteiger partial charge on any atom is 0.231 e. The molecule has 2 heterocycles. The van der Waals surface area contributed by atoms with Crippen molar-refractivity contribution in [3.05, 3.63) is 29.8 Å². The average molecular weight is 391 g/mol. The van der Waals surface area contributed by atoms with Crippen molar-refractivity contribution in [2.45, 2.75) is 37.4 Å². The third kappa shape index (κ3) is 4.62. The zero-order chi connectivity index (χ0) is 18.5. The summed E-state index contributed by atoms with van der Waals surface area (Å²) in [7, 11) is 0. The van der Waals surface area contributed by atoms with Gasteiger partial charge in [-0.3, -0.25) is 9.59 Å². The first kappa shape index (κ1) is 18.8. The summed E-state index contributed by atoms with van der Waals surface area (Å²) in [6, 6.07) is 7.76. The van der Waals surface area contributed by atoms with Crippen LogP contribution in [0.1, 0.15) is 31.7 Å². The van der Waals surface area contributed by atoms with E-state index < -0.39 is 0 Å². The highest BCUT2D eigenvalue weighted by Crippen LogP contribution is 2.29. The molecule has 1 aliphatic rings. The Hall–Kier alpha value is -1.93. The van der Waals surface area contributed by atoms with Gasteiger partial charge in [-0.1, -0.05) is 54.1 Å². The topological polar surface area (TPSA) is 75.2 Å². The predicted octanol–water partition coefficient (Wildman–Crippen LogP) is 3.73. The van der Waals surface area contributed by atoms with Crippen molar-refractivity contribution in [2.75, 3.05) is 22.5 Å². The quantitative estimate of drug-likeness (QED) is 0.443. The van der Waals surface area contributed by atoms with E-state index in [1.54, 1.807) is 16.7 Å². The Kier molecular flexibility index (Phi) is 6.26. The summed E-state index contributed by atoms with van der Waals surface area (Å²) >= 11 is 3.04. The molecule has 0 saturated carbocycles. The second-order valence-corrected chi connectivity index (χ2v) is 8.62. The lowest BCUT2D eigenvalue weighted by Gasteiger charge is -2.16. The zero-order valence-electron chi connectivity index (χ0n) is 14.9. The van der Waals surface area contributed by atoms with Crippen molar-refractivity contribution in [1.82, 2.24) is 10.2 Å². The summed E-state index contributed by atoms with van der Waals surface area (Å²) in [5.41, 5.74) is 1.97. The number of aromatic nitrogens is 2. The Balaban J connectivity index is 1.57. The van der Waals surface area contributed by atoms with Crippen LogP contribution in [0.4, 0.5) is 10.8 Å². The van der Waals surface area contributed by atoms with E-state index in [0.717, 1.165) is 34.2 Å². The van der Waals surface area contributed by atoms with Crippen LogP contribution in [0.15, 0.2) is 28.6 Å². The summed E-state index contributed by atoms with van der Waals surface area (Å²) in [5, 5.41) is 11.4. The van der Waals surface area contributed by atoms with Gasteiger partial charge in [0.2, 0.25) is 16.9 Å². The number of carbonyl (C=O) groups excluding carboxylic acids is 2. The van der Waals surface area contributed by atoms with Gasteiger partial charge in [-0.2, -0.15) is 0 Å². The van der Waals surface area contributed by atoms with E-state index >= 15 is 0 Å². The average Bonchev–Trinajstić information content (AvgIpc) is 3.23. The number of unbranched alkanes of at least 4 members (excludes halogenated alkanes) is 1. The molecule has 0 aliphatic carbocycles. The molecule has 1 N–H and O–H groups in total. The van der Waals surface area contributed by atoms with Gasteiger partial charge in [0.25, 0.3) is 0 Å². The Morgan fingerprint density at radius 1 is 1.35 bits per heavy atom. The van der Waals surface area contributed by atoms with E-state index in [1.165, 1.54) is 11.3 Å². The van der Waals surface area contributed by atoms with Gasteiger partial charge in [-0.05, 0) is 25.5 Å². The van der Waals surface area contributed by atoms with Crippen molar-refractivity contribution in [2.24, 2.45) is 5.92 Å². The molecular weight excluding hydrogens is 368 g/mol. The minimum atomic E-state index is -0.371. The predicted molar refractivity (Wildman–Crippen MR) is 106 cm³/mol. The number of carbonyl (C=O) groups is 2. The number of hydrogen-bond acceptors (Lipinski definition) is 6. The standard InChI is InChI=1S/C18H22N4O2S2/c1-3-4-9-25-18-21-20-17(26-18)19-16(24)13-10-15(23)22(11-13)14-7-5-12(2)6-8-14/h5-8,13H,3-4,9-11H2,1-2H3,(H,19,20,24)/t13-/m0/s1. The maximum absolute atomic E-state index is 12.5. The smallest absolute Gasteiger partial charge is 0.231 e. The minimum Gasteiger partial charge on any atom is -0.312 e. The number of nitrogens with zero attached hydrogens (tertiary/aromatic N) is 3. The van der Waals surface area contributed by atoms with Crippen molar-refractivity contribution < 1.29 is 9.59 Å². The van der Waals surface area contributed by atoms with E-state index in [4.69, 9.17) is 0 Å². The van der Waals surface area contributed by atoms with Crippen LogP contribution in [0.25, 0.3) is 0 Å². The van der Waals surface area contributed by atoms with Gasteiger partial charge >= 0.3 is 0 Å². The fourth-order valence-corrected chi connectivity index (χ4v) is 4.60. The number of hydrogen-bond donors (Lipinski definition) is 1. The molecule has 1 fully saturated rings. The number of anilines is 2. The van der Waals surface area contributed by atoms with E-state index in [0.29, 0.717) is 11.7 Å². The molecule has 1 aromatic carbocycles. The lowest BCUT2D eigenvalue weighted by molar-refractivity contribution is -0.122. The largest absolute Gasteiger partial charge is 0.312 e. The maximum atomic E-state index is 12.5. The molecular formula is C18H22N4O2S2. The first-order valence-electron chi connectivity index (χ1n) is 8.71. The van der Waals surface area contributed by atoms with Gasteiger partial charge in [0.15, 0.2) is 4.34 Å². The number of amides is 2. The normalized spacial score (nSPS) is 16.9. The van der Waals surface area contributed by atoms with Crippen LogP contribution >= 0.6 is 23.1 Å². The molecule has 2 amide bonds. The fraction of sp³-hybridized carbons (Fsp3) is 0.444. The highest BCUT2D eigenvalue weighted by Gasteiger charge is 2.35. The van der Waals surface area contributed by atoms with Crippen LogP contribution in [-0.2, 0) is 9.59 Å². The number of nitrogens with one attached hydrogen (secondary N) is 1. The Bertz CT molecular complexity index is 776. The molecule has 0 spiro atoms. The molecule has 0 bridgehead atoms. The first-order valence-corrected chi connectivity index (χ1v) is 10.5. The second kappa shape index (κ2) is 8.64. The molecule has 0 unspecified atom stereocenters. The van der Waals surface area contributed by atoms with Crippen LogP contribution in [0, 0.1) is 12.8 Å². The van der Waals surface area contributed by atoms with Crippen molar-refractivity contribution in [3.8, 4) is 0 Å². The third-order valence-corrected chi connectivity index (χ3v) is 6.26. The summed E-state index contributed by atoms with van der Waals surface area (Å²) in [4.78, 5) is 26.5. The van der Waals surface area contributed by atoms with Gasteiger partial charge in [-0.25, -0.2) is 0 Å².